The number of anilines is 2. The van der Waals surface area contributed by atoms with Crippen LogP contribution in [0.3, 0.4) is 0 Å². The molecule has 0 aliphatic carbocycles. The normalized spacial score (nSPS) is 19.1. The van der Waals surface area contributed by atoms with E-state index >= 15 is 0 Å². The van der Waals surface area contributed by atoms with Gasteiger partial charge in [0, 0.05) is 52.3 Å². The molecule has 280 valence electrons. The number of hydrogen-bond donors (Lipinski definition) is 3. The van der Waals surface area contributed by atoms with Crippen molar-refractivity contribution in [3.8, 4) is 0 Å². The number of benzene rings is 3. The van der Waals surface area contributed by atoms with Gasteiger partial charge in [0.1, 0.15) is 22.8 Å². The molecule has 4 N–H and O–H groups in total. The third-order valence-electron chi connectivity index (χ3n) is 9.55. The highest BCUT2D eigenvalue weighted by atomic mass is 32.2. The fraction of sp³-hybridized carbons (Fsp3) is 0.150. The zero-order valence-electron chi connectivity index (χ0n) is 29.4. The highest BCUT2D eigenvalue weighted by Crippen LogP contribution is 2.43. The molecule has 3 amide bonds. The molecule has 5 heterocycles. The van der Waals surface area contributed by atoms with Crippen molar-refractivity contribution in [2.45, 2.75) is 23.4 Å². The molecule has 0 saturated carbocycles. The molecule has 0 bridgehead atoms. The van der Waals surface area contributed by atoms with E-state index in [0.717, 1.165) is 32.9 Å². The minimum Gasteiger partial charge on any atom is -0.477 e. The highest BCUT2D eigenvalue weighted by molar-refractivity contribution is 8.00. The number of nitrogens with zero attached hydrogens (tertiary/aromatic N) is 6. The lowest BCUT2D eigenvalue weighted by Gasteiger charge is -2.49. The summed E-state index contributed by atoms with van der Waals surface area (Å²) >= 11 is 2.37. The molecule has 0 radical (unpaired) electrons. The van der Waals surface area contributed by atoms with Crippen molar-refractivity contribution < 1.29 is 29.1 Å². The van der Waals surface area contributed by atoms with Gasteiger partial charge in [-0.2, -0.15) is 0 Å². The molecular formula is C40H32N8O6S2. The number of thiazole rings is 1. The molecule has 8 rings (SSSR count). The average Bonchev–Trinajstić information content (AvgIpc) is 3.83. The Labute approximate surface area is 328 Å². The SMILES string of the molecule is Nc1nc(/C(=N/OC(c2ccccc2)(c2ccccc2)c2ccccc2)C(=O)N[C@@H]2C(=O)N3C(C(=O)O)=C(/C=C4\CCN(c5ncccn5)C4=O)CS[C@H]23)cs1. The number of oxime groups is 1. The number of nitrogens with two attached hydrogens (primary N) is 1. The van der Waals surface area contributed by atoms with Crippen LogP contribution in [-0.4, -0.2) is 78.1 Å². The Morgan fingerprint density at radius 2 is 1.54 bits per heavy atom. The number of carbonyl (C=O) groups is 4. The van der Waals surface area contributed by atoms with E-state index in [2.05, 4.69) is 25.4 Å². The van der Waals surface area contributed by atoms with Crippen LogP contribution in [0.5, 0.6) is 0 Å². The number of fused-ring (bicyclic) bond motifs is 1. The molecule has 3 aliphatic heterocycles. The van der Waals surface area contributed by atoms with Crippen LogP contribution >= 0.6 is 23.1 Å². The largest absolute Gasteiger partial charge is 0.477 e. The van der Waals surface area contributed by atoms with Gasteiger partial charge in [-0.3, -0.25) is 24.2 Å². The molecular weight excluding hydrogens is 753 g/mol. The number of amides is 3. The van der Waals surface area contributed by atoms with E-state index in [-0.39, 0.29) is 39.8 Å². The molecule has 2 atom stereocenters. The van der Waals surface area contributed by atoms with E-state index in [1.54, 1.807) is 11.4 Å². The molecule has 2 aromatic heterocycles. The summed E-state index contributed by atoms with van der Waals surface area (Å²) in [5, 5.41) is 18.6. The first-order valence-electron chi connectivity index (χ1n) is 17.4. The summed E-state index contributed by atoms with van der Waals surface area (Å²) < 4.78 is 0. The van der Waals surface area contributed by atoms with Crippen LogP contribution in [0.4, 0.5) is 11.1 Å². The second-order valence-corrected chi connectivity index (χ2v) is 14.8. The Bertz CT molecular complexity index is 2310. The van der Waals surface area contributed by atoms with Crippen molar-refractivity contribution in [1.82, 2.24) is 25.2 Å². The maximum Gasteiger partial charge on any atom is 0.352 e. The summed E-state index contributed by atoms with van der Waals surface area (Å²) in [6, 6.07) is 29.0. The second kappa shape index (κ2) is 15.2. The number of aromatic nitrogens is 3. The number of rotatable bonds is 11. The molecule has 2 fully saturated rings. The minimum atomic E-state index is -1.33. The van der Waals surface area contributed by atoms with Crippen LogP contribution in [0, 0.1) is 0 Å². The molecule has 56 heavy (non-hydrogen) atoms. The van der Waals surface area contributed by atoms with Gasteiger partial charge in [-0.15, -0.1) is 23.1 Å². The number of β-lactam (4-membered cyclic amide) rings is 1. The number of thioether (sulfide) groups is 1. The van der Waals surface area contributed by atoms with Crippen LogP contribution in [0.1, 0.15) is 28.8 Å². The number of nitrogens with one attached hydrogen (secondary N) is 1. The second-order valence-electron chi connectivity index (χ2n) is 12.8. The Morgan fingerprint density at radius 1 is 0.929 bits per heavy atom. The Hall–Kier alpha value is -6.65. The van der Waals surface area contributed by atoms with Crippen molar-refractivity contribution in [3.05, 3.63) is 160 Å². The number of carboxylic acids is 1. The predicted octanol–water partition coefficient (Wildman–Crippen LogP) is 4.33. The van der Waals surface area contributed by atoms with Gasteiger partial charge in [-0.05, 0) is 24.1 Å². The van der Waals surface area contributed by atoms with Crippen LogP contribution in [-0.2, 0) is 29.6 Å². The topological polar surface area (TPSA) is 193 Å². The summed E-state index contributed by atoms with van der Waals surface area (Å²) in [5.41, 5.74) is 7.23. The zero-order chi connectivity index (χ0) is 38.8. The van der Waals surface area contributed by atoms with Crippen molar-refractivity contribution in [2.24, 2.45) is 5.16 Å². The minimum absolute atomic E-state index is 0.129. The fourth-order valence-electron chi connectivity index (χ4n) is 6.94. The standard InChI is InChI=1S/C40H32N8O6S2/c41-38-44-29(23-56-38)30(46-54-40(26-11-4-1-5-12-26,27-13-6-2-7-14-27)28-15-8-3-9-16-28)33(49)45-31-35(51)48-32(37(52)53)25(22-55-36(31)48)21-24-17-20-47(34(24)50)39-42-18-10-19-43-39/h1-16,18-19,21,23,31,36H,17,20,22H2,(H2,41,44)(H,45,49)(H,52,53)/b24-21+,46-30-/t31-,36-/m1/s1. The Kier molecular flexibility index (Phi) is 9.88. The van der Waals surface area contributed by atoms with Crippen molar-refractivity contribution in [1.29, 1.82) is 0 Å². The first-order chi connectivity index (χ1) is 27.3. The molecule has 3 aromatic carbocycles. The van der Waals surface area contributed by atoms with E-state index in [1.807, 2.05) is 91.0 Å². The van der Waals surface area contributed by atoms with E-state index in [9.17, 15) is 24.3 Å². The monoisotopic (exact) mass is 784 g/mol. The van der Waals surface area contributed by atoms with Crippen LogP contribution in [0.15, 0.2) is 143 Å². The third kappa shape index (κ3) is 6.58. The number of hydrogen-bond acceptors (Lipinski definition) is 12. The number of aliphatic carboxylic acids is 1. The Balaban J connectivity index is 1.10. The maximum atomic E-state index is 14.2. The summed E-state index contributed by atoms with van der Waals surface area (Å²) in [5.74, 6) is -2.66. The Morgan fingerprint density at radius 3 is 2.09 bits per heavy atom. The van der Waals surface area contributed by atoms with Gasteiger partial charge in [-0.25, -0.2) is 19.7 Å². The molecule has 0 spiro atoms. The van der Waals surface area contributed by atoms with Gasteiger partial charge in [0.15, 0.2) is 10.8 Å². The van der Waals surface area contributed by atoms with E-state index in [4.69, 9.17) is 10.6 Å². The first-order valence-corrected chi connectivity index (χ1v) is 19.3. The summed E-state index contributed by atoms with van der Waals surface area (Å²) in [6.45, 7) is 0.332. The van der Waals surface area contributed by atoms with Gasteiger partial charge >= 0.3 is 5.97 Å². The molecule has 5 aromatic rings. The molecule has 16 heteroatoms. The summed E-state index contributed by atoms with van der Waals surface area (Å²) in [6.07, 6.45) is 4.95. The number of carbonyl (C=O) groups excluding carboxylic acids is 3. The van der Waals surface area contributed by atoms with Crippen LogP contribution < -0.4 is 16.0 Å². The molecule has 3 aliphatic rings. The quantitative estimate of drug-likeness (QED) is 0.0568. The van der Waals surface area contributed by atoms with Gasteiger partial charge in [-0.1, -0.05) is 96.2 Å². The van der Waals surface area contributed by atoms with E-state index < -0.39 is 34.8 Å². The lowest BCUT2D eigenvalue weighted by molar-refractivity contribution is -0.150. The van der Waals surface area contributed by atoms with Crippen molar-refractivity contribution >= 4 is 63.6 Å². The van der Waals surface area contributed by atoms with Crippen LogP contribution in [0.2, 0.25) is 0 Å². The lowest BCUT2D eigenvalue weighted by Crippen LogP contribution is -2.71. The smallest absolute Gasteiger partial charge is 0.352 e. The molecule has 14 nitrogen and oxygen atoms in total. The first kappa shape index (κ1) is 36.3. The highest BCUT2D eigenvalue weighted by Gasteiger charge is 2.54. The lowest BCUT2D eigenvalue weighted by atomic mass is 9.80. The number of carboxylic acid groups (broad SMARTS) is 1. The molecule has 2 saturated heterocycles. The average molecular weight is 785 g/mol. The summed E-state index contributed by atoms with van der Waals surface area (Å²) in [7, 11) is 0. The van der Waals surface area contributed by atoms with Gasteiger partial charge in [0.05, 0.1) is 0 Å². The van der Waals surface area contributed by atoms with E-state index in [0.29, 0.717) is 24.1 Å². The fourth-order valence-corrected chi connectivity index (χ4v) is 8.79. The van der Waals surface area contributed by atoms with E-state index in [1.165, 1.54) is 35.1 Å². The van der Waals surface area contributed by atoms with Crippen molar-refractivity contribution in [3.63, 3.8) is 0 Å². The van der Waals surface area contributed by atoms with Gasteiger partial charge in [0.25, 0.3) is 17.7 Å². The van der Waals surface area contributed by atoms with Crippen molar-refractivity contribution in [2.75, 3.05) is 22.9 Å². The number of allylic oxidation sites excluding steroid dienone is 1. The van der Waals surface area contributed by atoms with Crippen LogP contribution in [0.25, 0.3) is 0 Å². The molecule has 0 unspecified atom stereocenters. The zero-order valence-corrected chi connectivity index (χ0v) is 31.0. The maximum absolute atomic E-state index is 14.2. The van der Waals surface area contributed by atoms with Gasteiger partial charge in [0.2, 0.25) is 11.5 Å². The van der Waals surface area contributed by atoms with Gasteiger partial charge < -0.3 is 21.0 Å². The predicted molar refractivity (Wildman–Crippen MR) is 210 cm³/mol. The third-order valence-corrected chi connectivity index (χ3v) is 11.5. The number of nitrogen functional groups attached to an aromatic ring is 1. The summed E-state index contributed by atoms with van der Waals surface area (Å²) in [4.78, 5) is 75.6.